The summed E-state index contributed by atoms with van der Waals surface area (Å²) in [6.07, 6.45) is 5.68. The topological polar surface area (TPSA) is 58.2 Å². The van der Waals surface area contributed by atoms with Gasteiger partial charge in [-0.05, 0) is 37.1 Å². The van der Waals surface area contributed by atoms with Gasteiger partial charge in [0.1, 0.15) is 12.0 Å². The van der Waals surface area contributed by atoms with Gasteiger partial charge in [-0.1, -0.05) is 0 Å². The Morgan fingerprint density at radius 3 is 2.30 bits per heavy atom. The highest BCUT2D eigenvalue weighted by atomic mass is 19.1. The van der Waals surface area contributed by atoms with Gasteiger partial charge in [0.2, 0.25) is 5.75 Å². The van der Waals surface area contributed by atoms with Crippen molar-refractivity contribution < 1.29 is 18.6 Å². The summed E-state index contributed by atoms with van der Waals surface area (Å²) in [5, 5.41) is 5.15. The number of ether oxygens (including phenoxy) is 3. The number of hydrogen-bond acceptors (Lipinski definition) is 7. The molecule has 1 atom stereocenters. The van der Waals surface area contributed by atoms with E-state index in [2.05, 4.69) is 15.6 Å². The Balaban J connectivity index is 1.55. The van der Waals surface area contributed by atoms with Crippen LogP contribution in [0.5, 0.6) is 17.2 Å². The van der Waals surface area contributed by atoms with E-state index in [0.717, 1.165) is 31.5 Å². The van der Waals surface area contributed by atoms with Gasteiger partial charge < -0.3 is 24.4 Å². The molecule has 1 fully saturated rings. The van der Waals surface area contributed by atoms with Crippen molar-refractivity contribution >= 4 is 11.4 Å². The first-order valence-electron chi connectivity index (χ1n) is 9.96. The molecule has 4 rings (SSSR count). The van der Waals surface area contributed by atoms with Gasteiger partial charge in [-0.25, -0.2) is 4.39 Å². The van der Waals surface area contributed by atoms with Crippen LogP contribution in [0, 0.1) is 5.82 Å². The zero-order chi connectivity index (χ0) is 21.1. The maximum absolute atomic E-state index is 14.7. The maximum Gasteiger partial charge on any atom is 0.203 e. The van der Waals surface area contributed by atoms with Crippen LogP contribution in [-0.4, -0.2) is 39.4 Å². The van der Waals surface area contributed by atoms with E-state index < -0.39 is 0 Å². The minimum Gasteiger partial charge on any atom is -0.493 e. The zero-order valence-corrected chi connectivity index (χ0v) is 17.4. The molecule has 0 aromatic heterocycles. The highest BCUT2D eigenvalue weighted by molar-refractivity contribution is 5.57. The van der Waals surface area contributed by atoms with E-state index in [1.54, 1.807) is 21.3 Å². The summed E-state index contributed by atoms with van der Waals surface area (Å²) in [6, 6.07) is 9.04. The molecule has 2 N–H and O–H groups in total. The maximum atomic E-state index is 14.7. The van der Waals surface area contributed by atoms with Crippen molar-refractivity contribution in [3.05, 3.63) is 54.1 Å². The third-order valence-electron chi connectivity index (χ3n) is 5.42. The van der Waals surface area contributed by atoms with Gasteiger partial charge in [0.25, 0.3) is 0 Å². The highest BCUT2D eigenvalue weighted by Crippen LogP contribution is 2.40. The average molecular weight is 414 g/mol. The summed E-state index contributed by atoms with van der Waals surface area (Å²) >= 11 is 0. The summed E-state index contributed by atoms with van der Waals surface area (Å²) in [6.45, 7) is 1.82. The lowest BCUT2D eigenvalue weighted by molar-refractivity contribution is 0.312. The molecule has 0 aliphatic carbocycles. The van der Waals surface area contributed by atoms with Crippen LogP contribution in [0.1, 0.15) is 24.6 Å². The molecule has 160 valence electrons. The number of hydrogen-bond donors (Lipinski definition) is 2. The summed E-state index contributed by atoms with van der Waals surface area (Å²) in [4.78, 5) is 2.09. The second-order valence-electron chi connectivity index (χ2n) is 7.22. The van der Waals surface area contributed by atoms with Crippen LogP contribution in [0.25, 0.3) is 0 Å². The average Bonchev–Trinajstić information content (AvgIpc) is 3.45. The molecule has 2 aromatic rings. The van der Waals surface area contributed by atoms with Crippen molar-refractivity contribution in [2.45, 2.75) is 19.0 Å². The molecule has 0 bridgehead atoms. The van der Waals surface area contributed by atoms with E-state index >= 15 is 0 Å². The lowest BCUT2D eigenvalue weighted by Crippen LogP contribution is -2.31. The van der Waals surface area contributed by atoms with Crippen molar-refractivity contribution in [2.75, 3.05) is 44.7 Å². The normalized spacial score (nSPS) is 17.8. The number of hydrazine groups is 1. The number of nitrogens with one attached hydrogen (secondary N) is 2. The molecule has 8 heteroatoms. The first-order valence-corrected chi connectivity index (χ1v) is 9.96. The Labute approximate surface area is 176 Å². The molecule has 7 nitrogen and oxygen atoms in total. The number of anilines is 2. The summed E-state index contributed by atoms with van der Waals surface area (Å²) in [5.74, 6) is 1.46. The molecule has 2 heterocycles. The fourth-order valence-electron chi connectivity index (χ4n) is 3.94. The third-order valence-corrected chi connectivity index (χ3v) is 5.42. The molecule has 0 radical (unpaired) electrons. The summed E-state index contributed by atoms with van der Waals surface area (Å²) in [5.41, 5.74) is 5.49. The molecule has 2 aliphatic heterocycles. The van der Waals surface area contributed by atoms with Gasteiger partial charge in [-0.2, -0.15) is 0 Å². The van der Waals surface area contributed by atoms with Gasteiger partial charge in [0, 0.05) is 37.1 Å². The highest BCUT2D eigenvalue weighted by Gasteiger charge is 2.25. The lowest BCUT2D eigenvalue weighted by atomic mass is 10.1. The van der Waals surface area contributed by atoms with Gasteiger partial charge in [0.05, 0.1) is 32.7 Å². The van der Waals surface area contributed by atoms with Crippen molar-refractivity contribution in [3.63, 3.8) is 0 Å². The molecular formula is C22H27FN4O3. The third kappa shape index (κ3) is 3.77. The molecule has 1 saturated heterocycles. The predicted octanol–water partition coefficient (Wildman–Crippen LogP) is 3.85. The second kappa shape index (κ2) is 8.61. The molecule has 2 aliphatic rings. The number of nitrogens with zero attached hydrogens (tertiary/aromatic N) is 2. The molecule has 30 heavy (non-hydrogen) atoms. The first kappa shape index (κ1) is 20.0. The predicted molar refractivity (Wildman–Crippen MR) is 114 cm³/mol. The van der Waals surface area contributed by atoms with Gasteiger partial charge in [-0.3, -0.25) is 10.4 Å². The van der Waals surface area contributed by atoms with E-state index in [0.29, 0.717) is 28.6 Å². The van der Waals surface area contributed by atoms with Crippen LogP contribution in [0.3, 0.4) is 0 Å². The van der Waals surface area contributed by atoms with Crippen molar-refractivity contribution in [3.8, 4) is 17.2 Å². The largest absolute Gasteiger partial charge is 0.493 e. The Bertz CT molecular complexity index is 906. The number of halogens is 1. The zero-order valence-electron chi connectivity index (χ0n) is 17.4. The molecule has 0 amide bonds. The molecule has 0 saturated carbocycles. The Morgan fingerprint density at radius 2 is 1.70 bits per heavy atom. The summed E-state index contributed by atoms with van der Waals surface area (Å²) < 4.78 is 31.0. The van der Waals surface area contributed by atoms with Gasteiger partial charge >= 0.3 is 0 Å². The monoisotopic (exact) mass is 414 g/mol. The fraction of sp³-hybridized carbons (Fsp3) is 0.364. The molecule has 0 spiro atoms. The van der Waals surface area contributed by atoms with Crippen LogP contribution in [0.15, 0.2) is 42.7 Å². The smallest absolute Gasteiger partial charge is 0.203 e. The van der Waals surface area contributed by atoms with E-state index in [9.17, 15) is 4.39 Å². The molecule has 1 unspecified atom stereocenters. The Morgan fingerprint density at radius 1 is 1.00 bits per heavy atom. The van der Waals surface area contributed by atoms with Crippen LogP contribution < -0.4 is 29.9 Å². The lowest BCUT2D eigenvalue weighted by Gasteiger charge is -2.28. The van der Waals surface area contributed by atoms with Crippen LogP contribution in [0.2, 0.25) is 0 Å². The first-order chi connectivity index (χ1) is 14.6. The van der Waals surface area contributed by atoms with Crippen molar-refractivity contribution in [2.24, 2.45) is 0 Å². The second-order valence-corrected chi connectivity index (χ2v) is 7.22. The van der Waals surface area contributed by atoms with E-state index in [1.807, 2.05) is 41.7 Å². The number of rotatable bonds is 7. The standard InChI is InChI=1S/C22H27FN4O3/c1-28-19-12-15(13-20(29-2)21(19)30-3)22-24-8-11-27(22)25-16-6-7-18(17(23)14-16)26-9-4-5-10-26/h6-8,11-14,22,24-25H,4-5,9-10H2,1-3H3. The molecule has 2 aromatic carbocycles. The van der Waals surface area contributed by atoms with Gasteiger partial charge in [-0.15, -0.1) is 0 Å². The summed E-state index contributed by atoms with van der Waals surface area (Å²) in [7, 11) is 4.74. The van der Waals surface area contributed by atoms with Gasteiger partial charge in [0.15, 0.2) is 11.5 Å². The van der Waals surface area contributed by atoms with E-state index in [-0.39, 0.29) is 12.0 Å². The number of benzene rings is 2. The minimum absolute atomic E-state index is 0.220. The van der Waals surface area contributed by atoms with Crippen LogP contribution >= 0.6 is 0 Å². The fourth-order valence-corrected chi connectivity index (χ4v) is 3.94. The Hall–Kier alpha value is -3.29. The van der Waals surface area contributed by atoms with Crippen LogP contribution in [-0.2, 0) is 0 Å². The van der Waals surface area contributed by atoms with E-state index in [1.165, 1.54) is 6.07 Å². The quantitative estimate of drug-likeness (QED) is 0.714. The number of methoxy groups -OCH3 is 3. The van der Waals surface area contributed by atoms with E-state index in [4.69, 9.17) is 14.2 Å². The van der Waals surface area contributed by atoms with Crippen molar-refractivity contribution in [1.29, 1.82) is 0 Å². The van der Waals surface area contributed by atoms with Crippen LogP contribution in [0.4, 0.5) is 15.8 Å². The minimum atomic E-state index is -0.236. The molecular weight excluding hydrogens is 387 g/mol. The Kier molecular flexibility index (Phi) is 5.74. The SMILES string of the molecule is COc1cc(C2NC=CN2Nc2ccc(N3CCCC3)c(F)c2)cc(OC)c1OC. The van der Waals surface area contributed by atoms with Crippen molar-refractivity contribution in [1.82, 2.24) is 10.3 Å².